The SMILES string of the molecule is CCN(CC)CCN(C)C1CCCCC1Cl. The van der Waals surface area contributed by atoms with Gasteiger partial charge in [-0.2, -0.15) is 0 Å². The van der Waals surface area contributed by atoms with Crippen molar-refractivity contribution in [2.24, 2.45) is 0 Å². The first-order chi connectivity index (χ1) is 7.69. The summed E-state index contributed by atoms with van der Waals surface area (Å²) in [5, 5.41) is 0.371. The summed E-state index contributed by atoms with van der Waals surface area (Å²) in [5.41, 5.74) is 0. The Kier molecular flexibility index (Phi) is 6.71. The van der Waals surface area contributed by atoms with Crippen LogP contribution >= 0.6 is 11.6 Å². The molecule has 1 aliphatic carbocycles. The molecule has 2 atom stereocenters. The molecule has 0 radical (unpaired) electrons. The molecule has 16 heavy (non-hydrogen) atoms. The minimum Gasteiger partial charge on any atom is -0.303 e. The highest BCUT2D eigenvalue weighted by Gasteiger charge is 2.26. The van der Waals surface area contributed by atoms with E-state index in [4.69, 9.17) is 11.6 Å². The molecule has 0 aromatic heterocycles. The average molecular weight is 247 g/mol. The first-order valence-corrected chi connectivity index (χ1v) is 7.19. The van der Waals surface area contributed by atoms with Crippen LogP contribution in [0.15, 0.2) is 0 Å². The number of rotatable bonds is 6. The van der Waals surface area contributed by atoms with Gasteiger partial charge in [-0.05, 0) is 33.0 Å². The zero-order valence-electron chi connectivity index (χ0n) is 11.1. The Labute approximate surface area is 106 Å². The molecule has 0 N–H and O–H groups in total. The van der Waals surface area contributed by atoms with Gasteiger partial charge in [-0.1, -0.05) is 26.7 Å². The van der Waals surface area contributed by atoms with Gasteiger partial charge in [0, 0.05) is 24.5 Å². The first-order valence-electron chi connectivity index (χ1n) is 6.75. The van der Waals surface area contributed by atoms with Crippen molar-refractivity contribution in [3.8, 4) is 0 Å². The maximum atomic E-state index is 6.41. The van der Waals surface area contributed by atoms with Gasteiger partial charge in [0.25, 0.3) is 0 Å². The lowest BCUT2D eigenvalue weighted by atomic mass is 9.94. The topological polar surface area (TPSA) is 6.48 Å². The molecule has 2 unspecified atom stereocenters. The zero-order chi connectivity index (χ0) is 12.0. The van der Waals surface area contributed by atoms with E-state index >= 15 is 0 Å². The summed E-state index contributed by atoms with van der Waals surface area (Å²) in [6.45, 7) is 9.08. The molecule has 3 heteroatoms. The molecule has 0 aromatic carbocycles. The van der Waals surface area contributed by atoms with Gasteiger partial charge in [-0.3, -0.25) is 0 Å². The summed E-state index contributed by atoms with van der Waals surface area (Å²) >= 11 is 6.41. The Hall–Kier alpha value is 0.210. The Morgan fingerprint density at radius 2 is 1.69 bits per heavy atom. The van der Waals surface area contributed by atoms with Gasteiger partial charge >= 0.3 is 0 Å². The van der Waals surface area contributed by atoms with Crippen molar-refractivity contribution < 1.29 is 0 Å². The van der Waals surface area contributed by atoms with Crippen LogP contribution in [-0.4, -0.2) is 54.4 Å². The van der Waals surface area contributed by atoms with Crippen LogP contribution in [0.4, 0.5) is 0 Å². The summed E-state index contributed by atoms with van der Waals surface area (Å²) < 4.78 is 0. The van der Waals surface area contributed by atoms with Crippen molar-refractivity contribution >= 4 is 11.6 Å². The highest BCUT2D eigenvalue weighted by Crippen LogP contribution is 2.26. The maximum absolute atomic E-state index is 6.41. The molecule has 1 saturated carbocycles. The average Bonchev–Trinajstić information content (AvgIpc) is 2.30. The highest BCUT2D eigenvalue weighted by atomic mass is 35.5. The van der Waals surface area contributed by atoms with Crippen LogP contribution in [0.1, 0.15) is 39.5 Å². The molecule has 0 aromatic rings. The van der Waals surface area contributed by atoms with Gasteiger partial charge in [0.1, 0.15) is 0 Å². The number of halogens is 1. The third kappa shape index (κ3) is 4.23. The van der Waals surface area contributed by atoms with Crippen molar-refractivity contribution in [1.29, 1.82) is 0 Å². The van der Waals surface area contributed by atoms with E-state index in [9.17, 15) is 0 Å². The predicted octanol–water partition coefficient (Wildman–Crippen LogP) is 2.81. The third-order valence-corrected chi connectivity index (χ3v) is 4.39. The Morgan fingerprint density at radius 1 is 1.06 bits per heavy atom. The lowest BCUT2D eigenvalue weighted by Gasteiger charge is -2.35. The number of likely N-dealkylation sites (N-methyl/N-ethyl adjacent to an activating group) is 2. The van der Waals surface area contributed by atoms with E-state index in [0.717, 1.165) is 19.6 Å². The van der Waals surface area contributed by atoms with Crippen molar-refractivity contribution in [1.82, 2.24) is 9.80 Å². The zero-order valence-corrected chi connectivity index (χ0v) is 11.8. The van der Waals surface area contributed by atoms with Gasteiger partial charge in [0.15, 0.2) is 0 Å². The van der Waals surface area contributed by atoms with Crippen molar-refractivity contribution in [3.05, 3.63) is 0 Å². The minimum absolute atomic E-state index is 0.371. The Bertz CT molecular complexity index is 183. The van der Waals surface area contributed by atoms with Gasteiger partial charge in [0.05, 0.1) is 0 Å². The monoisotopic (exact) mass is 246 g/mol. The second-order valence-corrected chi connectivity index (χ2v) is 5.44. The van der Waals surface area contributed by atoms with Crippen LogP contribution in [0.25, 0.3) is 0 Å². The van der Waals surface area contributed by atoms with Crippen LogP contribution in [0.3, 0.4) is 0 Å². The third-order valence-electron chi connectivity index (χ3n) is 3.88. The Balaban J connectivity index is 2.30. The predicted molar refractivity (Wildman–Crippen MR) is 72.3 cm³/mol. The van der Waals surface area contributed by atoms with Crippen LogP contribution < -0.4 is 0 Å². The standard InChI is InChI=1S/C13H27ClN2/c1-4-16(5-2)11-10-15(3)13-9-7-6-8-12(13)14/h12-13H,4-11H2,1-3H3. The van der Waals surface area contributed by atoms with Crippen LogP contribution in [0, 0.1) is 0 Å². The van der Waals surface area contributed by atoms with Gasteiger partial charge in [-0.15, -0.1) is 11.6 Å². The molecule has 0 amide bonds. The highest BCUT2D eigenvalue weighted by molar-refractivity contribution is 6.21. The summed E-state index contributed by atoms with van der Waals surface area (Å²) in [4.78, 5) is 4.94. The fraction of sp³-hybridized carbons (Fsp3) is 1.00. The van der Waals surface area contributed by atoms with Crippen molar-refractivity contribution in [2.45, 2.75) is 50.9 Å². The summed E-state index contributed by atoms with van der Waals surface area (Å²) in [7, 11) is 2.23. The quantitative estimate of drug-likeness (QED) is 0.665. The summed E-state index contributed by atoms with van der Waals surface area (Å²) in [6.07, 6.45) is 5.14. The van der Waals surface area contributed by atoms with Crippen molar-refractivity contribution in [3.63, 3.8) is 0 Å². The van der Waals surface area contributed by atoms with Gasteiger partial charge < -0.3 is 9.80 Å². The van der Waals surface area contributed by atoms with E-state index < -0.39 is 0 Å². The number of nitrogens with zero attached hydrogens (tertiary/aromatic N) is 2. The molecule has 1 rings (SSSR count). The van der Waals surface area contributed by atoms with E-state index in [1.165, 1.54) is 32.2 Å². The molecule has 0 bridgehead atoms. The molecular weight excluding hydrogens is 220 g/mol. The lowest BCUT2D eigenvalue weighted by molar-refractivity contribution is 0.168. The fourth-order valence-corrected chi connectivity index (χ4v) is 3.04. The molecule has 1 aliphatic rings. The van der Waals surface area contributed by atoms with Crippen LogP contribution in [0.2, 0.25) is 0 Å². The molecule has 96 valence electrons. The number of alkyl halides is 1. The normalized spacial score (nSPS) is 26.6. The summed E-state index contributed by atoms with van der Waals surface area (Å²) in [6, 6.07) is 0.603. The first kappa shape index (κ1) is 14.3. The fourth-order valence-electron chi connectivity index (χ4n) is 2.57. The number of hydrogen-bond acceptors (Lipinski definition) is 2. The smallest absolute Gasteiger partial charge is 0.0491 e. The van der Waals surface area contributed by atoms with Gasteiger partial charge in [-0.25, -0.2) is 0 Å². The summed E-state index contributed by atoms with van der Waals surface area (Å²) in [5.74, 6) is 0. The van der Waals surface area contributed by atoms with Crippen molar-refractivity contribution in [2.75, 3.05) is 33.2 Å². The largest absolute Gasteiger partial charge is 0.303 e. The second-order valence-electron chi connectivity index (χ2n) is 4.88. The van der Waals surface area contributed by atoms with E-state index in [1.807, 2.05) is 0 Å². The molecule has 0 heterocycles. The van der Waals surface area contributed by atoms with E-state index in [-0.39, 0.29) is 0 Å². The number of hydrogen-bond donors (Lipinski definition) is 0. The van der Waals surface area contributed by atoms with Crippen LogP contribution in [0.5, 0.6) is 0 Å². The molecule has 0 saturated heterocycles. The maximum Gasteiger partial charge on any atom is 0.0491 e. The molecule has 0 spiro atoms. The Morgan fingerprint density at radius 3 is 2.25 bits per heavy atom. The van der Waals surface area contributed by atoms with Crippen LogP contribution in [-0.2, 0) is 0 Å². The van der Waals surface area contributed by atoms with E-state index in [2.05, 4.69) is 30.7 Å². The second kappa shape index (κ2) is 7.52. The lowest BCUT2D eigenvalue weighted by Crippen LogP contribution is -2.44. The molecule has 2 nitrogen and oxygen atoms in total. The van der Waals surface area contributed by atoms with E-state index in [1.54, 1.807) is 0 Å². The molecular formula is C13H27ClN2. The van der Waals surface area contributed by atoms with E-state index in [0.29, 0.717) is 11.4 Å². The molecule has 1 fully saturated rings. The minimum atomic E-state index is 0.371. The van der Waals surface area contributed by atoms with Gasteiger partial charge in [0.2, 0.25) is 0 Å². The molecule has 0 aliphatic heterocycles.